The molecule has 0 unspecified atom stereocenters. The second kappa shape index (κ2) is 36.3. The molecule has 2 aromatic carbocycles. The van der Waals surface area contributed by atoms with Crippen molar-refractivity contribution in [2.75, 3.05) is 53.8 Å². The van der Waals surface area contributed by atoms with Gasteiger partial charge in [0.15, 0.2) is 11.6 Å². The largest absolute Gasteiger partial charge is 0.466 e. The SMILES string of the molecule is CC[C@H](C)[C@@H]([C@@H](CC(=O)N1CCC[C@H]1[C@H](OC)[C@@H](C)C(=O)N[C@H](C)[C@@H](O)c1ccccc1)OC)N(C)C(=O)[C@@H](CC(=O)[C@H](C(C)C)N(C)C(=O)OCc1ccc(NC(=O)[C@H](C)CC(=O)[C@@H](NC(=O)CCNC(=O)/C=C/C(=O)OC)C(C)C)cc1)C(C)C. The summed E-state index contributed by atoms with van der Waals surface area (Å²) >= 11 is 0. The van der Waals surface area contributed by atoms with Gasteiger partial charge in [0.05, 0.1) is 68.0 Å². The Morgan fingerprint density at radius 1 is 0.736 bits per heavy atom. The number of hydrogen-bond donors (Lipinski definition) is 5. The average Bonchev–Trinajstić information content (AvgIpc) is 2.65. The Balaban J connectivity index is 1.63. The van der Waals surface area contributed by atoms with Gasteiger partial charge in [0, 0.05) is 90.3 Å². The predicted molar refractivity (Wildman–Crippen MR) is 329 cm³/mol. The molecule has 0 saturated carbocycles. The molecule has 1 aliphatic rings. The normalized spacial score (nSPS) is 17.1. The van der Waals surface area contributed by atoms with Crippen LogP contribution in [-0.4, -0.2) is 170 Å². The van der Waals surface area contributed by atoms with Gasteiger partial charge in [-0.1, -0.05) is 118 Å². The van der Waals surface area contributed by atoms with E-state index in [1.807, 2.05) is 59.7 Å². The fourth-order valence-corrected chi connectivity index (χ4v) is 11.2. The minimum atomic E-state index is -0.948. The Labute approximate surface area is 514 Å². The van der Waals surface area contributed by atoms with Gasteiger partial charge in [-0.05, 0) is 66.7 Å². The Bertz CT molecular complexity index is 2630. The number of amides is 7. The van der Waals surface area contributed by atoms with E-state index in [4.69, 9.17) is 14.2 Å². The first kappa shape index (κ1) is 74.2. The summed E-state index contributed by atoms with van der Waals surface area (Å²) in [5, 5.41) is 21.8. The number of nitrogens with one attached hydrogen (secondary N) is 4. The van der Waals surface area contributed by atoms with Gasteiger partial charge in [0.25, 0.3) is 0 Å². The van der Waals surface area contributed by atoms with Crippen molar-refractivity contribution in [3.05, 3.63) is 77.9 Å². The molecule has 87 heavy (non-hydrogen) atoms. The van der Waals surface area contributed by atoms with Crippen LogP contribution in [0.15, 0.2) is 66.7 Å². The number of methoxy groups -OCH3 is 3. The van der Waals surface area contributed by atoms with Gasteiger partial charge in [0.1, 0.15) is 6.61 Å². The number of esters is 1. The van der Waals surface area contributed by atoms with Crippen molar-refractivity contribution in [2.45, 2.75) is 176 Å². The van der Waals surface area contributed by atoms with Gasteiger partial charge in [-0.2, -0.15) is 0 Å². The highest BCUT2D eigenvalue weighted by molar-refractivity contribution is 5.98. The molecular formula is C65H99N7O15. The zero-order valence-corrected chi connectivity index (χ0v) is 54.1. The monoisotopic (exact) mass is 1220 g/mol. The van der Waals surface area contributed by atoms with Crippen LogP contribution in [0.3, 0.4) is 0 Å². The van der Waals surface area contributed by atoms with Crippen molar-refractivity contribution >= 4 is 64.8 Å². The van der Waals surface area contributed by atoms with Gasteiger partial charge in [0.2, 0.25) is 35.4 Å². The smallest absolute Gasteiger partial charge is 0.410 e. The van der Waals surface area contributed by atoms with Gasteiger partial charge >= 0.3 is 12.1 Å². The maximum atomic E-state index is 14.8. The van der Waals surface area contributed by atoms with Crippen LogP contribution in [0.4, 0.5) is 10.5 Å². The molecule has 12 atom stereocenters. The molecule has 0 spiro atoms. The van der Waals surface area contributed by atoms with Crippen LogP contribution in [0, 0.1) is 41.4 Å². The standard InChI is InChI=1S/C65H99N7O15/c1-17-41(8)59(52(84-14)36-55(77)72-33-21-24-49(72)61(86-16)43(10)63(81)67-44(11)60(79)46-22-19-18-20-23-46)70(12)64(82)48(38(2)3)35-51(74)58(40(6)7)71(13)65(83)87-37-45-25-27-47(28-26-45)68-62(80)42(9)34-50(73)57(39(4)5)69-54(76)31-32-66-53(75)29-30-56(78)85-15/h18-20,22-23,25-30,38-44,48-49,52,57-61,79H,17,21,24,31-37H2,1-16H3,(H,66,75)(H,67,81)(H,68,80)(H,69,76)/b30-29+/t41-,42+,43+,44+,48-,49-,52+,57-,58-,59-,60+,61+/m0/s1. The number of rotatable bonds is 35. The molecule has 22 nitrogen and oxygen atoms in total. The van der Waals surface area contributed by atoms with E-state index in [1.165, 1.54) is 33.3 Å². The number of aliphatic hydroxyl groups is 1. The van der Waals surface area contributed by atoms with Crippen LogP contribution in [0.2, 0.25) is 0 Å². The van der Waals surface area contributed by atoms with E-state index in [9.17, 15) is 53.1 Å². The van der Waals surface area contributed by atoms with Gasteiger partial charge in [-0.25, -0.2) is 9.59 Å². The van der Waals surface area contributed by atoms with Crippen LogP contribution in [-0.2, 0) is 68.7 Å². The van der Waals surface area contributed by atoms with E-state index in [0.717, 1.165) is 12.2 Å². The third-order valence-electron chi connectivity index (χ3n) is 16.5. The highest BCUT2D eigenvalue weighted by atomic mass is 16.6. The molecule has 0 aromatic heterocycles. The fourth-order valence-electron chi connectivity index (χ4n) is 11.2. The van der Waals surface area contributed by atoms with E-state index in [0.29, 0.717) is 42.6 Å². The van der Waals surface area contributed by atoms with Crippen molar-refractivity contribution < 1.29 is 72.0 Å². The van der Waals surface area contributed by atoms with E-state index in [2.05, 4.69) is 26.0 Å². The molecule has 22 heteroatoms. The van der Waals surface area contributed by atoms with Crippen molar-refractivity contribution in [3.63, 3.8) is 0 Å². The highest BCUT2D eigenvalue weighted by Gasteiger charge is 2.44. The first-order chi connectivity index (χ1) is 41.0. The maximum Gasteiger partial charge on any atom is 0.410 e. The third-order valence-corrected chi connectivity index (χ3v) is 16.5. The van der Waals surface area contributed by atoms with E-state index in [1.54, 1.807) is 87.9 Å². The van der Waals surface area contributed by atoms with Crippen LogP contribution in [0.25, 0.3) is 0 Å². The second-order valence-electron chi connectivity index (χ2n) is 24.1. The van der Waals surface area contributed by atoms with Crippen LogP contribution in [0.5, 0.6) is 0 Å². The number of ketones is 2. The summed E-state index contributed by atoms with van der Waals surface area (Å²) in [5.41, 5.74) is 1.68. The lowest BCUT2D eigenvalue weighted by molar-refractivity contribution is -0.149. The quantitative estimate of drug-likeness (QED) is 0.0360. The molecule has 484 valence electrons. The van der Waals surface area contributed by atoms with Crippen LogP contribution >= 0.6 is 0 Å². The average molecular weight is 1220 g/mol. The lowest BCUT2D eigenvalue weighted by Gasteiger charge is -2.41. The number of Topliss-reactive ketones (excluding diaryl/α,β-unsaturated/α-hetero) is 2. The summed E-state index contributed by atoms with van der Waals surface area (Å²) in [6, 6.07) is 12.2. The number of benzene rings is 2. The highest BCUT2D eigenvalue weighted by Crippen LogP contribution is 2.32. The number of hydrogen-bond acceptors (Lipinski definition) is 15. The summed E-state index contributed by atoms with van der Waals surface area (Å²) in [6.07, 6.45) is 0.271. The molecule has 1 fully saturated rings. The minimum Gasteiger partial charge on any atom is -0.466 e. The Morgan fingerprint density at radius 3 is 1.94 bits per heavy atom. The Kier molecular flexibility index (Phi) is 31.0. The Morgan fingerprint density at radius 2 is 1.38 bits per heavy atom. The lowest BCUT2D eigenvalue weighted by atomic mass is 9.83. The molecule has 2 aromatic rings. The van der Waals surface area contributed by atoms with Crippen molar-refractivity contribution in [1.29, 1.82) is 0 Å². The molecule has 0 radical (unpaired) electrons. The molecule has 5 N–H and O–H groups in total. The van der Waals surface area contributed by atoms with Gasteiger partial charge in [-0.3, -0.25) is 38.4 Å². The zero-order chi connectivity index (χ0) is 65.4. The summed E-state index contributed by atoms with van der Waals surface area (Å²) in [4.78, 5) is 138. The molecule has 3 rings (SSSR count). The molecule has 7 amide bonds. The molecule has 1 heterocycles. The Hall–Kier alpha value is -7.04. The van der Waals surface area contributed by atoms with Crippen molar-refractivity contribution in [3.8, 4) is 0 Å². The summed E-state index contributed by atoms with van der Waals surface area (Å²) in [7, 11) is 7.38. The number of aliphatic hydroxyl groups excluding tert-OH is 1. The number of likely N-dealkylation sites (N-methyl/N-ethyl adjacent to an activating group) is 2. The topological polar surface area (TPSA) is 286 Å². The number of nitrogens with zero attached hydrogens (tertiary/aromatic N) is 3. The zero-order valence-electron chi connectivity index (χ0n) is 54.1. The van der Waals surface area contributed by atoms with E-state index >= 15 is 0 Å². The lowest BCUT2D eigenvalue weighted by Crippen LogP contribution is -2.55. The molecule has 1 aliphatic heterocycles. The third kappa shape index (κ3) is 22.3. The summed E-state index contributed by atoms with van der Waals surface area (Å²) < 4.78 is 22.2. The minimum absolute atomic E-state index is 0.0453. The van der Waals surface area contributed by atoms with E-state index in [-0.39, 0.29) is 91.8 Å². The molecular weight excluding hydrogens is 1120 g/mol. The number of anilines is 1. The number of likely N-dealkylation sites (tertiary alicyclic amines) is 1. The first-order valence-corrected chi connectivity index (χ1v) is 30.4. The van der Waals surface area contributed by atoms with Crippen molar-refractivity contribution in [2.24, 2.45) is 41.4 Å². The molecule has 1 saturated heterocycles. The van der Waals surface area contributed by atoms with E-state index < -0.39 is 96.1 Å². The maximum absolute atomic E-state index is 14.8. The van der Waals surface area contributed by atoms with Gasteiger partial charge in [-0.15, -0.1) is 0 Å². The first-order valence-electron chi connectivity index (χ1n) is 30.4. The van der Waals surface area contributed by atoms with Crippen molar-refractivity contribution in [1.82, 2.24) is 30.7 Å². The predicted octanol–water partition coefficient (Wildman–Crippen LogP) is 6.58. The van der Waals surface area contributed by atoms with Gasteiger partial charge < -0.3 is 60.0 Å². The number of ether oxygens (including phenoxy) is 4. The van der Waals surface area contributed by atoms with Crippen LogP contribution < -0.4 is 21.3 Å². The summed E-state index contributed by atoms with van der Waals surface area (Å²) in [6.45, 7) is 20.2. The molecule has 0 bridgehead atoms. The van der Waals surface area contributed by atoms with Crippen LogP contribution in [0.1, 0.15) is 138 Å². The number of carbonyl (C=O) groups is 10. The molecule has 0 aliphatic carbocycles. The number of carbonyl (C=O) groups excluding carboxylic acids is 10. The fraction of sp³-hybridized carbons (Fsp3) is 0.631. The second-order valence-corrected chi connectivity index (χ2v) is 24.1. The summed E-state index contributed by atoms with van der Waals surface area (Å²) in [5.74, 6) is -7.05.